The number of amides is 1. The minimum atomic E-state index is 0.0368. The van der Waals surface area contributed by atoms with Gasteiger partial charge in [0, 0.05) is 38.0 Å². The van der Waals surface area contributed by atoms with Crippen LogP contribution in [0.15, 0.2) is 22.7 Å². The quantitative estimate of drug-likeness (QED) is 0.503. The van der Waals surface area contributed by atoms with Gasteiger partial charge in [-0.25, -0.2) is 0 Å². The average Bonchev–Trinajstić information content (AvgIpc) is 3.18. The molecule has 0 saturated heterocycles. The molecular weight excluding hydrogens is 438 g/mol. The highest BCUT2D eigenvalue weighted by atomic mass is 16.5. The number of ether oxygens (including phenoxy) is 1. The van der Waals surface area contributed by atoms with Gasteiger partial charge in [-0.05, 0) is 75.3 Å². The van der Waals surface area contributed by atoms with Crippen LogP contribution < -0.4 is 4.90 Å². The summed E-state index contributed by atoms with van der Waals surface area (Å²) in [6.07, 6.45) is 12.7. The summed E-state index contributed by atoms with van der Waals surface area (Å²) in [5.74, 6) is 1.66. The maximum absolute atomic E-state index is 13.2. The summed E-state index contributed by atoms with van der Waals surface area (Å²) in [5, 5.41) is 4.18. The monoisotopic (exact) mass is 481 g/mol. The van der Waals surface area contributed by atoms with Gasteiger partial charge in [-0.2, -0.15) is 0 Å². The third-order valence-electron chi connectivity index (χ3n) is 7.75. The second-order valence-electron chi connectivity index (χ2n) is 10.5. The third kappa shape index (κ3) is 6.73. The molecule has 1 fully saturated rings. The molecule has 0 unspecified atom stereocenters. The lowest BCUT2D eigenvalue weighted by Gasteiger charge is -2.32. The molecule has 4 rings (SSSR count). The zero-order chi connectivity index (χ0) is 24.6. The number of rotatable bonds is 5. The Labute approximate surface area is 211 Å². The Balaban J connectivity index is 1.72. The fourth-order valence-corrected chi connectivity index (χ4v) is 5.95. The van der Waals surface area contributed by atoms with E-state index in [1.807, 2.05) is 18.7 Å². The van der Waals surface area contributed by atoms with Crippen LogP contribution in [-0.2, 0) is 16.1 Å². The Bertz CT molecular complexity index is 945. The summed E-state index contributed by atoms with van der Waals surface area (Å²) in [7, 11) is 1.60. The van der Waals surface area contributed by atoms with E-state index >= 15 is 0 Å². The van der Waals surface area contributed by atoms with Crippen LogP contribution >= 0.6 is 0 Å². The summed E-state index contributed by atoms with van der Waals surface area (Å²) in [6.45, 7) is 7.95. The van der Waals surface area contributed by atoms with Crippen molar-refractivity contribution in [1.82, 2.24) is 10.1 Å². The fraction of sp³-hybridized carbons (Fsp3) is 0.655. The first kappa shape index (κ1) is 25.9. The lowest BCUT2D eigenvalue weighted by molar-refractivity contribution is -0.122. The molecule has 1 saturated carbocycles. The Hall–Kier alpha value is -2.18. The van der Waals surface area contributed by atoms with Gasteiger partial charge in [0.2, 0.25) is 0 Å². The van der Waals surface area contributed by atoms with Crippen molar-refractivity contribution < 1.29 is 14.1 Å². The van der Waals surface area contributed by atoms with Crippen molar-refractivity contribution in [3.05, 3.63) is 35.2 Å². The van der Waals surface area contributed by atoms with Crippen LogP contribution in [0.1, 0.15) is 81.2 Å². The molecule has 192 valence electrons. The Morgan fingerprint density at radius 1 is 1.03 bits per heavy atom. The zero-order valence-corrected chi connectivity index (χ0v) is 22.0. The maximum atomic E-state index is 13.2. The molecule has 0 radical (unpaired) electrons. The molecule has 1 aliphatic carbocycles. The van der Waals surface area contributed by atoms with Crippen LogP contribution in [0.3, 0.4) is 0 Å². The van der Waals surface area contributed by atoms with Crippen molar-refractivity contribution in [1.29, 1.82) is 0 Å². The van der Waals surface area contributed by atoms with E-state index in [1.54, 1.807) is 7.11 Å². The average molecular weight is 482 g/mol. The maximum Gasteiger partial charge on any atom is 0.252 e. The highest BCUT2D eigenvalue weighted by molar-refractivity contribution is 5.95. The molecule has 35 heavy (non-hydrogen) atoms. The lowest BCUT2D eigenvalue weighted by Crippen LogP contribution is -2.37. The van der Waals surface area contributed by atoms with Crippen molar-refractivity contribution in [3.8, 4) is 11.1 Å². The van der Waals surface area contributed by atoms with Crippen LogP contribution in [0.25, 0.3) is 11.1 Å². The number of anilines is 1. The first-order chi connectivity index (χ1) is 17.1. The summed E-state index contributed by atoms with van der Waals surface area (Å²) in [5.41, 5.74) is 5.32. The number of aromatic nitrogens is 1. The molecule has 2 aromatic rings. The molecule has 0 spiro atoms. The van der Waals surface area contributed by atoms with E-state index < -0.39 is 0 Å². The van der Waals surface area contributed by atoms with Gasteiger partial charge < -0.3 is 14.2 Å². The van der Waals surface area contributed by atoms with Gasteiger partial charge in [-0.1, -0.05) is 49.7 Å². The Morgan fingerprint density at radius 2 is 1.74 bits per heavy atom. The summed E-state index contributed by atoms with van der Waals surface area (Å²) in [6, 6.07) is 6.53. The van der Waals surface area contributed by atoms with E-state index in [2.05, 4.69) is 28.3 Å². The smallest absolute Gasteiger partial charge is 0.252 e. The first-order valence-electron chi connectivity index (χ1n) is 13.6. The SMILES string of the molecule is COCC(=O)N1CCCCCCCN(CC2CCCCC2)Cc2cc(-c3c(C)noc3C)ccc21. The summed E-state index contributed by atoms with van der Waals surface area (Å²) in [4.78, 5) is 17.8. The molecule has 0 N–H and O–H groups in total. The van der Waals surface area contributed by atoms with E-state index in [4.69, 9.17) is 9.26 Å². The van der Waals surface area contributed by atoms with Gasteiger partial charge in [0.25, 0.3) is 5.91 Å². The minimum Gasteiger partial charge on any atom is -0.375 e. The molecule has 0 bridgehead atoms. The Kier molecular flexibility index (Phi) is 9.38. The molecular formula is C29H43N3O3. The van der Waals surface area contributed by atoms with Gasteiger partial charge in [-0.3, -0.25) is 9.69 Å². The van der Waals surface area contributed by atoms with Crippen molar-refractivity contribution >= 4 is 11.6 Å². The molecule has 6 nitrogen and oxygen atoms in total. The number of fused-ring (bicyclic) bond motifs is 1. The number of benzene rings is 1. The van der Waals surface area contributed by atoms with E-state index in [9.17, 15) is 4.79 Å². The highest BCUT2D eigenvalue weighted by Crippen LogP contribution is 2.34. The van der Waals surface area contributed by atoms with Crippen molar-refractivity contribution in [2.75, 3.05) is 38.3 Å². The van der Waals surface area contributed by atoms with Crippen molar-refractivity contribution in [3.63, 3.8) is 0 Å². The van der Waals surface area contributed by atoms with E-state index in [0.29, 0.717) is 0 Å². The molecule has 2 heterocycles. The first-order valence-corrected chi connectivity index (χ1v) is 13.6. The minimum absolute atomic E-state index is 0.0368. The van der Waals surface area contributed by atoms with E-state index in [0.717, 1.165) is 73.2 Å². The fourth-order valence-electron chi connectivity index (χ4n) is 5.95. The van der Waals surface area contributed by atoms with Gasteiger partial charge in [0.15, 0.2) is 0 Å². The van der Waals surface area contributed by atoms with Gasteiger partial charge in [0.05, 0.1) is 5.69 Å². The highest BCUT2D eigenvalue weighted by Gasteiger charge is 2.24. The number of carbonyl (C=O) groups excluding carboxylic acids is 1. The predicted molar refractivity (Wildman–Crippen MR) is 141 cm³/mol. The molecule has 1 aliphatic heterocycles. The van der Waals surface area contributed by atoms with Gasteiger partial charge in [-0.15, -0.1) is 0 Å². The number of aryl methyl sites for hydroxylation is 2. The third-order valence-corrected chi connectivity index (χ3v) is 7.75. The molecule has 2 aliphatic rings. The topological polar surface area (TPSA) is 58.8 Å². The van der Waals surface area contributed by atoms with Crippen LogP contribution in [0.4, 0.5) is 5.69 Å². The summed E-state index contributed by atoms with van der Waals surface area (Å²) < 4.78 is 10.7. The molecule has 1 amide bonds. The van der Waals surface area contributed by atoms with Crippen LogP contribution in [-0.4, -0.2) is 49.3 Å². The van der Waals surface area contributed by atoms with E-state index in [1.165, 1.54) is 56.9 Å². The van der Waals surface area contributed by atoms with Gasteiger partial charge >= 0.3 is 0 Å². The Morgan fingerprint density at radius 3 is 2.46 bits per heavy atom. The zero-order valence-electron chi connectivity index (χ0n) is 22.0. The molecule has 0 atom stereocenters. The molecule has 1 aromatic heterocycles. The lowest BCUT2D eigenvalue weighted by atomic mass is 9.88. The number of hydrogen-bond donors (Lipinski definition) is 0. The normalized spacial score (nSPS) is 19.1. The van der Waals surface area contributed by atoms with Crippen LogP contribution in [0.2, 0.25) is 0 Å². The largest absolute Gasteiger partial charge is 0.375 e. The molecule has 6 heteroatoms. The standard InChI is InChI=1S/C29H43N3O3/c1-22-29(23(2)35-30-22)25-14-15-27-26(18-25)20-31(19-24-12-8-7-9-13-24)16-10-5-4-6-11-17-32(27)28(33)21-34-3/h14-15,18,24H,4-13,16-17,19-21H2,1-3H3. The second kappa shape index (κ2) is 12.7. The number of hydrogen-bond acceptors (Lipinski definition) is 5. The van der Waals surface area contributed by atoms with E-state index in [-0.39, 0.29) is 12.5 Å². The van der Waals surface area contributed by atoms with Crippen LogP contribution in [0, 0.1) is 19.8 Å². The van der Waals surface area contributed by atoms with Crippen LogP contribution in [0.5, 0.6) is 0 Å². The summed E-state index contributed by atoms with van der Waals surface area (Å²) >= 11 is 0. The van der Waals surface area contributed by atoms with Gasteiger partial charge in [0.1, 0.15) is 12.4 Å². The molecule has 1 aromatic carbocycles. The predicted octanol–water partition coefficient (Wildman–Crippen LogP) is 6.28. The number of nitrogens with zero attached hydrogens (tertiary/aromatic N) is 3. The number of methoxy groups -OCH3 is 1. The van der Waals surface area contributed by atoms with Crippen molar-refractivity contribution in [2.24, 2.45) is 5.92 Å². The van der Waals surface area contributed by atoms with Crippen molar-refractivity contribution in [2.45, 2.75) is 84.6 Å². The second-order valence-corrected chi connectivity index (χ2v) is 10.5. The number of carbonyl (C=O) groups is 1.